The first-order chi connectivity index (χ1) is 12.9. The molecule has 1 aromatic heterocycles. The van der Waals surface area contributed by atoms with E-state index >= 15 is 0 Å². The summed E-state index contributed by atoms with van der Waals surface area (Å²) in [6.07, 6.45) is -1.05. The Hall–Kier alpha value is -3.62. The summed E-state index contributed by atoms with van der Waals surface area (Å²) in [5, 5.41) is 18.4. The van der Waals surface area contributed by atoms with Crippen LogP contribution in [0.4, 0.5) is 10.1 Å². The Balaban J connectivity index is 1.66. The molecule has 0 spiro atoms. The number of nitrogens with zero attached hydrogens (tertiary/aromatic N) is 3. The lowest BCUT2D eigenvalue weighted by atomic mass is 10.1. The van der Waals surface area contributed by atoms with E-state index in [9.17, 15) is 19.3 Å². The van der Waals surface area contributed by atoms with Crippen LogP contribution in [0.15, 0.2) is 52.9 Å². The van der Waals surface area contributed by atoms with Crippen molar-refractivity contribution in [3.05, 3.63) is 75.9 Å². The molecule has 1 atom stereocenters. The Kier molecular flexibility index (Phi) is 5.20. The van der Waals surface area contributed by atoms with E-state index in [2.05, 4.69) is 10.2 Å². The number of hydrogen-bond acceptors (Lipinski definition) is 7. The van der Waals surface area contributed by atoms with Crippen LogP contribution in [0, 0.1) is 15.9 Å². The van der Waals surface area contributed by atoms with E-state index in [0.717, 1.165) is 0 Å². The van der Waals surface area contributed by atoms with E-state index in [-0.39, 0.29) is 29.5 Å². The molecular formula is C18H14FN3O5. The molecule has 0 N–H and O–H groups in total. The molecule has 0 saturated carbocycles. The third kappa shape index (κ3) is 4.32. The van der Waals surface area contributed by atoms with Crippen molar-refractivity contribution in [2.45, 2.75) is 19.4 Å². The molecule has 9 heteroatoms. The first-order valence-electron chi connectivity index (χ1n) is 7.95. The molecule has 0 aliphatic rings. The predicted octanol–water partition coefficient (Wildman–Crippen LogP) is 3.63. The minimum atomic E-state index is -0.830. The van der Waals surface area contributed by atoms with Gasteiger partial charge in [-0.3, -0.25) is 14.9 Å². The molecule has 0 unspecified atom stereocenters. The molecule has 0 radical (unpaired) electrons. The normalized spacial score (nSPS) is 11.8. The number of nitro benzene ring substituents is 1. The van der Waals surface area contributed by atoms with Crippen LogP contribution < -0.4 is 0 Å². The van der Waals surface area contributed by atoms with Crippen LogP contribution in [-0.4, -0.2) is 21.1 Å². The van der Waals surface area contributed by atoms with Crippen molar-refractivity contribution in [3.8, 4) is 11.5 Å². The first kappa shape index (κ1) is 18.2. The Morgan fingerprint density at radius 1 is 1.22 bits per heavy atom. The van der Waals surface area contributed by atoms with Gasteiger partial charge in [0, 0.05) is 17.7 Å². The number of benzene rings is 2. The summed E-state index contributed by atoms with van der Waals surface area (Å²) < 4.78 is 24.3. The molecular weight excluding hydrogens is 357 g/mol. The molecule has 0 fully saturated rings. The van der Waals surface area contributed by atoms with Gasteiger partial charge in [-0.25, -0.2) is 4.39 Å². The summed E-state index contributed by atoms with van der Waals surface area (Å²) in [6, 6.07) is 11.5. The van der Waals surface area contributed by atoms with Crippen molar-refractivity contribution in [2.75, 3.05) is 0 Å². The maximum Gasteiger partial charge on any atom is 0.311 e. The molecule has 3 rings (SSSR count). The maximum atomic E-state index is 13.6. The fourth-order valence-electron chi connectivity index (χ4n) is 2.33. The van der Waals surface area contributed by atoms with E-state index in [0.29, 0.717) is 5.56 Å². The lowest BCUT2D eigenvalue weighted by Crippen LogP contribution is -2.12. The highest BCUT2D eigenvalue weighted by Gasteiger charge is 2.20. The second-order valence-corrected chi connectivity index (χ2v) is 5.65. The average Bonchev–Trinajstić information content (AvgIpc) is 3.14. The number of halogens is 1. The summed E-state index contributed by atoms with van der Waals surface area (Å²) in [4.78, 5) is 22.1. The number of esters is 1. The van der Waals surface area contributed by atoms with Crippen molar-refractivity contribution in [1.29, 1.82) is 0 Å². The minimum Gasteiger partial charge on any atom is -0.452 e. The van der Waals surface area contributed by atoms with Crippen molar-refractivity contribution in [2.24, 2.45) is 0 Å². The number of rotatable bonds is 6. The third-order valence-electron chi connectivity index (χ3n) is 3.71. The summed E-state index contributed by atoms with van der Waals surface area (Å²) in [5.41, 5.74) is 0.657. The molecule has 3 aromatic rings. The average molecular weight is 371 g/mol. The highest BCUT2D eigenvalue weighted by Crippen LogP contribution is 2.24. The topological polar surface area (TPSA) is 108 Å². The molecule has 27 heavy (non-hydrogen) atoms. The van der Waals surface area contributed by atoms with E-state index < -0.39 is 22.8 Å². The van der Waals surface area contributed by atoms with Gasteiger partial charge in [0.05, 0.1) is 11.3 Å². The Morgan fingerprint density at radius 3 is 2.59 bits per heavy atom. The molecule has 0 aliphatic heterocycles. The Bertz CT molecular complexity index is 971. The van der Waals surface area contributed by atoms with E-state index in [1.807, 2.05) is 0 Å². The number of hydrogen-bond donors (Lipinski definition) is 0. The fraction of sp³-hybridized carbons (Fsp3) is 0.167. The van der Waals surface area contributed by atoms with Gasteiger partial charge in [0.25, 0.3) is 11.6 Å². The fourth-order valence-corrected chi connectivity index (χ4v) is 2.33. The van der Waals surface area contributed by atoms with Gasteiger partial charge in [-0.2, -0.15) is 0 Å². The number of carbonyl (C=O) groups excluding carboxylic acids is 1. The van der Waals surface area contributed by atoms with Gasteiger partial charge in [-0.1, -0.05) is 18.2 Å². The summed E-state index contributed by atoms with van der Waals surface area (Å²) in [7, 11) is 0. The van der Waals surface area contributed by atoms with Crippen LogP contribution in [-0.2, 0) is 16.0 Å². The largest absolute Gasteiger partial charge is 0.452 e. The molecule has 0 bridgehead atoms. The second kappa shape index (κ2) is 7.73. The van der Waals surface area contributed by atoms with Crippen LogP contribution >= 0.6 is 0 Å². The van der Waals surface area contributed by atoms with Crippen LogP contribution in [0.2, 0.25) is 0 Å². The molecule has 0 aliphatic carbocycles. The van der Waals surface area contributed by atoms with Crippen molar-refractivity contribution in [1.82, 2.24) is 10.2 Å². The van der Waals surface area contributed by atoms with Gasteiger partial charge in [-0.15, -0.1) is 10.2 Å². The lowest BCUT2D eigenvalue weighted by Gasteiger charge is -2.09. The van der Waals surface area contributed by atoms with E-state index in [4.69, 9.17) is 9.15 Å². The van der Waals surface area contributed by atoms with Crippen LogP contribution in [0.3, 0.4) is 0 Å². The van der Waals surface area contributed by atoms with Crippen molar-refractivity contribution in [3.63, 3.8) is 0 Å². The SMILES string of the molecule is C[C@@H](OC(=O)Cc1ccccc1F)c1nnc(-c2ccc([N+](=O)[O-])cc2)o1. The van der Waals surface area contributed by atoms with E-state index in [1.165, 1.54) is 42.5 Å². The van der Waals surface area contributed by atoms with Gasteiger partial charge in [0.15, 0.2) is 6.10 Å². The Morgan fingerprint density at radius 2 is 1.93 bits per heavy atom. The van der Waals surface area contributed by atoms with Crippen LogP contribution in [0.1, 0.15) is 24.5 Å². The maximum absolute atomic E-state index is 13.6. The molecule has 0 amide bonds. The second-order valence-electron chi connectivity index (χ2n) is 5.65. The summed E-state index contributed by atoms with van der Waals surface area (Å²) in [5.74, 6) is -0.926. The molecule has 1 heterocycles. The summed E-state index contributed by atoms with van der Waals surface area (Å²) >= 11 is 0. The first-order valence-corrected chi connectivity index (χ1v) is 7.95. The quantitative estimate of drug-likeness (QED) is 0.370. The Labute approximate surface area is 152 Å². The van der Waals surface area contributed by atoms with Crippen molar-refractivity contribution >= 4 is 11.7 Å². The number of ether oxygens (including phenoxy) is 1. The molecule has 0 saturated heterocycles. The smallest absolute Gasteiger partial charge is 0.311 e. The number of non-ortho nitro benzene ring substituents is 1. The molecule has 8 nitrogen and oxygen atoms in total. The van der Waals surface area contributed by atoms with Gasteiger partial charge in [0.2, 0.25) is 5.89 Å². The monoisotopic (exact) mass is 371 g/mol. The number of nitro groups is 1. The minimum absolute atomic E-state index is 0.0604. The third-order valence-corrected chi connectivity index (χ3v) is 3.71. The summed E-state index contributed by atoms with van der Waals surface area (Å²) in [6.45, 7) is 1.55. The molecule has 2 aromatic carbocycles. The van der Waals surface area contributed by atoms with Gasteiger partial charge in [0.1, 0.15) is 5.82 Å². The zero-order chi connectivity index (χ0) is 19.4. The van der Waals surface area contributed by atoms with Gasteiger partial charge >= 0.3 is 5.97 Å². The zero-order valence-corrected chi connectivity index (χ0v) is 14.2. The van der Waals surface area contributed by atoms with Crippen molar-refractivity contribution < 1.29 is 23.3 Å². The van der Waals surface area contributed by atoms with E-state index in [1.54, 1.807) is 13.0 Å². The van der Waals surface area contributed by atoms with Crippen LogP contribution in [0.5, 0.6) is 0 Å². The van der Waals surface area contributed by atoms with Crippen LogP contribution in [0.25, 0.3) is 11.5 Å². The number of carbonyl (C=O) groups is 1. The standard InChI is InChI=1S/C18H14FN3O5/c1-11(26-16(23)10-13-4-2-3-5-15(13)19)17-20-21-18(27-17)12-6-8-14(9-7-12)22(24)25/h2-9,11H,10H2,1H3/t11-/m1/s1. The zero-order valence-electron chi connectivity index (χ0n) is 14.2. The predicted molar refractivity (Wildman–Crippen MR) is 91.0 cm³/mol. The van der Waals surface area contributed by atoms with Gasteiger partial charge < -0.3 is 9.15 Å². The van der Waals surface area contributed by atoms with Gasteiger partial charge in [-0.05, 0) is 30.7 Å². The molecule has 138 valence electrons. The highest BCUT2D eigenvalue weighted by atomic mass is 19.1. The highest BCUT2D eigenvalue weighted by molar-refractivity contribution is 5.72. The lowest BCUT2D eigenvalue weighted by molar-refractivity contribution is -0.384. The number of aromatic nitrogens is 2.